The van der Waals surface area contributed by atoms with E-state index < -0.39 is 0 Å². The molecule has 1 unspecified atom stereocenters. The standard InChI is InChI=1S/C14H21N5O/c1-4-15-11(2)14-16-17-18-19(14)9-8-12-6-5-7-13(10-12)20-3/h5-7,10-11,15H,4,8-9H2,1-3H3. The molecule has 0 fully saturated rings. The molecule has 0 spiro atoms. The third-order valence-electron chi connectivity index (χ3n) is 3.20. The van der Waals surface area contributed by atoms with E-state index in [2.05, 4.69) is 40.8 Å². The third-order valence-corrected chi connectivity index (χ3v) is 3.20. The second kappa shape index (κ2) is 7.00. The number of tetrazole rings is 1. The zero-order valence-electron chi connectivity index (χ0n) is 12.2. The highest BCUT2D eigenvalue weighted by Gasteiger charge is 2.13. The van der Waals surface area contributed by atoms with Gasteiger partial charge in [-0.15, -0.1) is 5.10 Å². The average molecular weight is 275 g/mol. The second-order valence-electron chi connectivity index (χ2n) is 4.64. The Labute approximate surface area is 119 Å². The van der Waals surface area contributed by atoms with Crippen LogP contribution < -0.4 is 10.1 Å². The van der Waals surface area contributed by atoms with Crippen molar-refractivity contribution in [2.45, 2.75) is 32.9 Å². The van der Waals surface area contributed by atoms with E-state index in [-0.39, 0.29) is 6.04 Å². The molecule has 0 saturated carbocycles. The zero-order chi connectivity index (χ0) is 14.4. The highest BCUT2D eigenvalue weighted by Crippen LogP contribution is 2.14. The summed E-state index contributed by atoms with van der Waals surface area (Å²) in [6.45, 7) is 5.78. The van der Waals surface area contributed by atoms with Crippen molar-refractivity contribution in [3.8, 4) is 5.75 Å². The van der Waals surface area contributed by atoms with Crippen LogP contribution in [-0.4, -0.2) is 33.9 Å². The van der Waals surface area contributed by atoms with Crippen molar-refractivity contribution in [3.63, 3.8) is 0 Å². The van der Waals surface area contributed by atoms with Gasteiger partial charge in [-0.05, 0) is 48.0 Å². The molecule has 0 aliphatic rings. The minimum atomic E-state index is 0.153. The molecule has 0 aliphatic heterocycles. The highest BCUT2D eigenvalue weighted by molar-refractivity contribution is 5.28. The van der Waals surface area contributed by atoms with Crippen LogP contribution in [-0.2, 0) is 13.0 Å². The van der Waals surface area contributed by atoms with Gasteiger partial charge in [-0.25, -0.2) is 4.68 Å². The lowest BCUT2D eigenvalue weighted by atomic mass is 10.1. The van der Waals surface area contributed by atoms with Crippen LogP contribution in [0.2, 0.25) is 0 Å². The molecule has 0 bridgehead atoms. The first-order chi connectivity index (χ1) is 9.74. The summed E-state index contributed by atoms with van der Waals surface area (Å²) in [7, 11) is 1.68. The smallest absolute Gasteiger partial charge is 0.167 e. The molecule has 0 aliphatic carbocycles. The maximum atomic E-state index is 5.23. The van der Waals surface area contributed by atoms with E-state index in [1.807, 2.05) is 22.9 Å². The summed E-state index contributed by atoms with van der Waals surface area (Å²) in [6.07, 6.45) is 0.869. The minimum absolute atomic E-state index is 0.153. The van der Waals surface area contributed by atoms with Gasteiger partial charge in [-0.3, -0.25) is 0 Å². The van der Waals surface area contributed by atoms with Crippen LogP contribution in [0.25, 0.3) is 0 Å². The molecule has 1 heterocycles. The Bertz CT molecular complexity index is 540. The topological polar surface area (TPSA) is 64.9 Å². The van der Waals surface area contributed by atoms with Crippen molar-refractivity contribution in [2.24, 2.45) is 0 Å². The van der Waals surface area contributed by atoms with E-state index in [0.29, 0.717) is 0 Å². The minimum Gasteiger partial charge on any atom is -0.497 e. The molecule has 2 rings (SSSR count). The molecule has 0 amide bonds. The maximum absolute atomic E-state index is 5.23. The van der Waals surface area contributed by atoms with Crippen molar-refractivity contribution < 1.29 is 4.74 Å². The number of hydrogen-bond acceptors (Lipinski definition) is 5. The molecule has 1 aromatic carbocycles. The number of aryl methyl sites for hydroxylation is 2. The van der Waals surface area contributed by atoms with Crippen molar-refractivity contribution in [2.75, 3.05) is 13.7 Å². The molecule has 0 radical (unpaired) electrons. The molecule has 6 heteroatoms. The summed E-state index contributed by atoms with van der Waals surface area (Å²) in [5, 5.41) is 15.2. The number of nitrogens with one attached hydrogen (secondary N) is 1. The predicted octanol–water partition coefficient (Wildman–Crippen LogP) is 1.59. The molecule has 1 atom stereocenters. The summed E-state index contributed by atoms with van der Waals surface area (Å²) in [5.41, 5.74) is 1.21. The van der Waals surface area contributed by atoms with Crippen molar-refractivity contribution in [1.29, 1.82) is 0 Å². The first kappa shape index (κ1) is 14.5. The number of nitrogens with zero attached hydrogens (tertiary/aromatic N) is 4. The lowest BCUT2D eigenvalue weighted by molar-refractivity contribution is 0.414. The zero-order valence-corrected chi connectivity index (χ0v) is 12.2. The Hall–Kier alpha value is -1.95. The van der Waals surface area contributed by atoms with Gasteiger partial charge >= 0.3 is 0 Å². The number of hydrogen-bond donors (Lipinski definition) is 1. The number of methoxy groups -OCH3 is 1. The van der Waals surface area contributed by atoms with E-state index >= 15 is 0 Å². The Morgan fingerprint density at radius 1 is 1.40 bits per heavy atom. The monoisotopic (exact) mass is 275 g/mol. The van der Waals surface area contributed by atoms with Crippen LogP contribution in [0, 0.1) is 0 Å². The molecule has 2 aromatic rings. The quantitative estimate of drug-likeness (QED) is 0.831. The molecule has 1 N–H and O–H groups in total. The van der Waals surface area contributed by atoms with Gasteiger partial charge in [0.15, 0.2) is 5.82 Å². The summed E-state index contributed by atoms with van der Waals surface area (Å²) < 4.78 is 7.08. The Balaban J connectivity index is 2.02. The van der Waals surface area contributed by atoms with Gasteiger partial charge in [-0.2, -0.15) is 0 Å². The fourth-order valence-electron chi connectivity index (χ4n) is 2.14. The van der Waals surface area contributed by atoms with Gasteiger partial charge in [0.25, 0.3) is 0 Å². The average Bonchev–Trinajstić information content (AvgIpc) is 2.94. The van der Waals surface area contributed by atoms with Gasteiger partial charge in [-0.1, -0.05) is 19.1 Å². The Kier molecular flexibility index (Phi) is 5.06. The number of aromatic nitrogens is 4. The predicted molar refractivity (Wildman–Crippen MR) is 76.6 cm³/mol. The van der Waals surface area contributed by atoms with Gasteiger partial charge in [0.2, 0.25) is 0 Å². The van der Waals surface area contributed by atoms with Crippen LogP contribution in [0.15, 0.2) is 24.3 Å². The number of ether oxygens (including phenoxy) is 1. The van der Waals surface area contributed by atoms with E-state index in [0.717, 1.165) is 31.1 Å². The summed E-state index contributed by atoms with van der Waals surface area (Å²) >= 11 is 0. The van der Waals surface area contributed by atoms with Gasteiger partial charge in [0.1, 0.15) is 5.75 Å². The number of benzene rings is 1. The fraction of sp³-hybridized carbons (Fsp3) is 0.500. The third kappa shape index (κ3) is 3.54. The van der Waals surface area contributed by atoms with Crippen molar-refractivity contribution >= 4 is 0 Å². The van der Waals surface area contributed by atoms with Crippen LogP contribution in [0.3, 0.4) is 0 Å². The van der Waals surface area contributed by atoms with Gasteiger partial charge < -0.3 is 10.1 Å². The first-order valence-corrected chi connectivity index (χ1v) is 6.87. The van der Waals surface area contributed by atoms with Crippen LogP contribution in [0.1, 0.15) is 31.3 Å². The van der Waals surface area contributed by atoms with Crippen LogP contribution in [0.4, 0.5) is 0 Å². The molecular formula is C14H21N5O. The highest BCUT2D eigenvalue weighted by atomic mass is 16.5. The van der Waals surface area contributed by atoms with Crippen LogP contribution >= 0.6 is 0 Å². The Morgan fingerprint density at radius 2 is 2.25 bits per heavy atom. The number of rotatable bonds is 7. The Morgan fingerprint density at radius 3 is 3.00 bits per heavy atom. The van der Waals surface area contributed by atoms with Crippen molar-refractivity contribution in [1.82, 2.24) is 25.5 Å². The molecule has 1 aromatic heterocycles. The summed E-state index contributed by atoms with van der Waals surface area (Å²) in [6, 6.07) is 8.22. The summed E-state index contributed by atoms with van der Waals surface area (Å²) in [5.74, 6) is 1.75. The largest absolute Gasteiger partial charge is 0.497 e. The van der Waals surface area contributed by atoms with E-state index in [4.69, 9.17) is 4.74 Å². The first-order valence-electron chi connectivity index (χ1n) is 6.87. The van der Waals surface area contributed by atoms with Crippen LogP contribution in [0.5, 0.6) is 5.75 Å². The van der Waals surface area contributed by atoms with Gasteiger partial charge in [0, 0.05) is 6.54 Å². The molecule has 0 saturated heterocycles. The van der Waals surface area contributed by atoms with E-state index in [9.17, 15) is 0 Å². The SMILES string of the molecule is CCNC(C)c1nnnn1CCc1cccc(OC)c1. The van der Waals surface area contributed by atoms with E-state index in [1.54, 1.807) is 7.11 Å². The lowest BCUT2D eigenvalue weighted by Crippen LogP contribution is -2.22. The fourth-order valence-corrected chi connectivity index (χ4v) is 2.14. The molecule has 6 nitrogen and oxygen atoms in total. The van der Waals surface area contributed by atoms with Gasteiger partial charge in [0.05, 0.1) is 13.2 Å². The second-order valence-corrected chi connectivity index (χ2v) is 4.64. The molecular weight excluding hydrogens is 254 g/mol. The lowest BCUT2D eigenvalue weighted by Gasteiger charge is -2.12. The normalized spacial score (nSPS) is 12.3. The molecule has 20 heavy (non-hydrogen) atoms. The van der Waals surface area contributed by atoms with E-state index in [1.165, 1.54) is 5.56 Å². The summed E-state index contributed by atoms with van der Waals surface area (Å²) in [4.78, 5) is 0. The molecule has 108 valence electrons. The van der Waals surface area contributed by atoms with Crippen molar-refractivity contribution in [3.05, 3.63) is 35.7 Å². The maximum Gasteiger partial charge on any atom is 0.167 e.